The van der Waals surface area contributed by atoms with Gasteiger partial charge in [-0.05, 0) is 49.1 Å². The van der Waals surface area contributed by atoms with Crippen molar-refractivity contribution in [3.63, 3.8) is 0 Å². The number of benzene rings is 2. The van der Waals surface area contributed by atoms with Crippen molar-refractivity contribution >= 4 is 33.0 Å². The van der Waals surface area contributed by atoms with Crippen LogP contribution in [0.2, 0.25) is 0 Å². The van der Waals surface area contributed by atoms with Gasteiger partial charge in [0.2, 0.25) is 10.0 Å². The number of sulfonamides is 1. The van der Waals surface area contributed by atoms with Crippen molar-refractivity contribution in [2.75, 3.05) is 17.1 Å². The molecule has 0 saturated heterocycles. The summed E-state index contributed by atoms with van der Waals surface area (Å²) in [6.07, 6.45) is 4.61. The first-order valence-electron chi connectivity index (χ1n) is 9.70. The van der Waals surface area contributed by atoms with Gasteiger partial charge in [-0.3, -0.25) is 9.10 Å². The zero-order valence-corrected chi connectivity index (χ0v) is 18.5. The third-order valence-corrected chi connectivity index (χ3v) is 7.11. The predicted octanol–water partition coefficient (Wildman–Crippen LogP) is 3.36. The molecule has 8 heteroatoms. The number of rotatable bonds is 4. The van der Waals surface area contributed by atoms with Gasteiger partial charge < -0.3 is 4.57 Å². The molecule has 1 aliphatic rings. The fourth-order valence-corrected chi connectivity index (χ4v) is 5.31. The number of thiazole rings is 1. The first-order valence-corrected chi connectivity index (χ1v) is 12.4. The summed E-state index contributed by atoms with van der Waals surface area (Å²) in [6.45, 7) is 3.16. The molecule has 2 heterocycles. The lowest BCUT2D eigenvalue weighted by Gasteiger charge is -2.29. The number of hydrogen-bond acceptors (Lipinski definition) is 4. The minimum absolute atomic E-state index is 0.325. The molecule has 0 atom stereocenters. The van der Waals surface area contributed by atoms with E-state index in [0.29, 0.717) is 29.1 Å². The van der Waals surface area contributed by atoms with Crippen LogP contribution in [0.15, 0.2) is 59.0 Å². The zero-order valence-electron chi connectivity index (χ0n) is 16.9. The Morgan fingerprint density at radius 2 is 1.93 bits per heavy atom. The van der Waals surface area contributed by atoms with E-state index in [1.165, 1.54) is 27.5 Å². The van der Waals surface area contributed by atoms with Gasteiger partial charge in [0.15, 0.2) is 4.80 Å². The molecule has 1 aliphatic heterocycles. The maximum atomic E-state index is 12.8. The summed E-state index contributed by atoms with van der Waals surface area (Å²) in [6, 6.07) is 13.4. The summed E-state index contributed by atoms with van der Waals surface area (Å²) >= 11 is 1.42. The Morgan fingerprint density at radius 1 is 1.17 bits per heavy atom. The molecule has 0 fully saturated rings. The highest BCUT2D eigenvalue weighted by molar-refractivity contribution is 7.92. The highest BCUT2D eigenvalue weighted by Gasteiger charge is 2.24. The third kappa shape index (κ3) is 4.39. The number of amides is 1. The Balaban J connectivity index is 1.61. The molecule has 0 radical (unpaired) electrons. The van der Waals surface area contributed by atoms with Gasteiger partial charge in [-0.15, -0.1) is 11.3 Å². The van der Waals surface area contributed by atoms with Gasteiger partial charge in [-0.25, -0.2) is 8.42 Å². The molecule has 1 aromatic heterocycles. The molecule has 1 amide bonds. The summed E-state index contributed by atoms with van der Waals surface area (Å²) in [5, 5.41) is 1.91. The van der Waals surface area contributed by atoms with E-state index in [0.717, 1.165) is 24.0 Å². The minimum Gasteiger partial charge on any atom is -0.319 e. The lowest BCUT2D eigenvalue weighted by molar-refractivity contribution is 0.0997. The van der Waals surface area contributed by atoms with Crippen LogP contribution in [0.5, 0.6) is 0 Å². The Labute approximate surface area is 180 Å². The first kappa shape index (κ1) is 20.6. The fourth-order valence-electron chi connectivity index (χ4n) is 3.59. The summed E-state index contributed by atoms with van der Waals surface area (Å²) in [4.78, 5) is 17.8. The molecule has 30 heavy (non-hydrogen) atoms. The first-order chi connectivity index (χ1) is 14.3. The quantitative estimate of drug-likeness (QED) is 0.623. The maximum absolute atomic E-state index is 12.8. The minimum atomic E-state index is -3.33. The maximum Gasteiger partial charge on any atom is 0.279 e. The fraction of sp³-hybridized carbons (Fsp3) is 0.273. The summed E-state index contributed by atoms with van der Waals surface area (Å²) < 4.78 is 27.4. The van der Waals surface area contributed by atoms with Crippen molar-refractivity contribution in [1.82, 2.24) is 4.57 Å². The average molecular weight is 442 g/mol. The van der Waals surface area contributed by atoms with Gasteiger partial charge in [-0.1, -0.05) is 29.8 Å². The molecule has 0 unspecified atom stereocenters. The lowest BCUT2D eigenvalue weighted by Crippen LogP contribution is -2.34. The van der Waals surface area contributed by atoms with Crippen LogP contribution in [0, 0.1) is 6.92 Å². The monoisotopic (exact) mass is 441 g/mol. The summed E-state index contributed by atoms with van der Waals surface area (Å²) in [7, 11) is -3.33. The van der Waals surface area contributed by atoms with Gasteiger partial charge >= 0.3 is 0 Å². The molecular weight excluding hydrogens is 418 g/mol. The highest BCUT2D eigenvalue weighted by atomic mass is 32.2. The third-order valence-electron chi connectivity index (χ3n) is 5.13. The zero-order chi connectivity index (χ0) is 21.3. The Kier molecular flexibility index (Phi) is 5.62. The molecule has 2 aromatic carbocycles. The van der Waals surface area contributed by atoms with Gasteiger partial charge in [-0.2, -0.15) is 4.99 Å². The molecule has 3 aromatic rings. The number of aromatic nitrogens is 1. The van der Waals surface area contributed by atoms with Crippen LogP contribution >= 0.6 is 11.3 Å². The Bertz CT molecular complexity index is 1260. The standard InChI is InChI=1S/C22H23N3O3S2/c1-16-5-7-17(8-6-16)15-24-12-13-29-22(24)23-21(26)19-9-10-20-18(14-19)4-3-11-25(20)30(2,27)28/h5-10,12-14H,3-4,11,15H2,1-2H3. The number of fused-ring (bicyclic) bond motifs is 1. The molecule has 156 valence electrons. The van der Waals surface area contributed by atoms with Gasteiger partial charge in [0.05, 0.1) is 11.9 Å². The van der Waals surface area contributed by atoms with Crippen LogP contribution in [0.1, 0.15) is 33.5 Å². The summed E-state index contributed by atoms with van der Waals surface area (Å²) in [5.41, 5.74) is 4.34. The van der Waals surface area contributed by atoms with E-state index >= 15 is 0 Å². The molecule has 4 rings (SSSR count). The van der Waals surface area contributed by atoms with E-state index in [4.69, 9.17) is 0 Å². The van der Waals surface area contributed by atoms with Crippen LogP contribution in [-0.4, -0.2) is 31.7 Å². The van der Waals surface area contributed by atoms with Crippen molar-refractivity contribution in [3.8, 4) is 0 Å². The highest BCUT2D eigenvalue weighted by Crippen LogP contribution is 2.30. The van der Waals surface area contributed by atoms with E-state index < -0.39 is 10.0 Å². The second-order valence-electron chi connectivity index (χ2n) is 7.50. The van der Waals surface area contributed by atoms with Crippen molar-refractivity contribution < 1.29 is 13.2 Å². The van der Waals surface area contributed by atoms with Crippen LogP contribution in [0.3, 0.4) is 0 Å². The number of aryl methyl sites for hydroxylation is 2. The topological polar surface area (TPSA) is 71.7 Å². The lowest BCUT2D eigenvalue weighted by atomic mass is 10.0. The molecule has 0 spiro atoms. The van der Waals surface area contributed by atoms with Crippen LogP contribution in [-0.2, 0) is 23.0 Å². The van der Waals surface area contributed by atoms with Gasteiger partial charge in [0, 0.05) is 30.2 Å². The van der Waals surface area contributed by atoms with Gasteiger partial charge in [0.1, 0.15) is 0 Å². The second-order valence-corrected chi connectivity index (χ2v) is 10.3. The van der Waals surface area contributed by atoms with E-state index in [1.807, 2.05) is 16.1 Å². The van der Waals surface area contributed by atoms with E-state index in [9.17, 15) is 13.2 Å². The van der Waals surface area contributed by atoms with Crippen LogP contribution in [0.4, 0.5) is 5.69 Å². The molecule has 0 bridgehead atoms. The van der Waals surface area contributed by atoms with Crippen molar-refractivity contribution in [2.45, 2.75) is 26.3 Å². The van der Waals surface area contributed by atoms with Crippen molar-refractivity contribution in [1.29, 1.82) is 0 Å². The van der Waals surface area contributed by atoms with Crippen LogP contribution in [0.25, 0.3) is 0 Å². The number of carbonyl (C=O) groups excluding carboxylic acids is 1. The van der Waals surface area contributed by atoms with Crippen molar-refractivity contribution in [3.05, 3.63) is 81.1 Å². The summed E-state index contributed by atoms with van der Waals surface area (Å²) in [5.74, 6) is -0.325. The van der Waals surface area contributed by atoms with E-state index in [2.05, 4.69) is 36.2 Å². The van der Waals surface area contributed by atoms with Crippen LogP contribution < -0.4 is 9.11 Å². The average Bonchev–Trinajstić information content (AvgIpc) is 3.14. The predicted molar refractivity (Wildman–Crippen MR) is 119 cm³/mol. The molecule has 6 nitrogen and oxygen atoms in total. The SMILES string of the molecule is Cc1ccc(Cn2ccsc2=NC(=O)c2ccc3c(c2)CCCN3S(C)(=O)=O)cc1. The van der Waals surface area contributed by atoms with E-state index in [-0.39, 0.29) is 5.91 Å². The Hall–Kier alpha value is -2.71. The van der Waals surface area contributed by atoms with E-state index in [1.54, 1.807) is 18.2 Å². The number of hydrogen-bond donors (Lipinski definition) is 0. The molecule has 0 saturated carbocycles. The van der Waals surface area contributed by atoms with Crippen molar-refractivity contribution in [2.24, 2.45) is 4.99 Å². The Morgan fingerprint density at radius 3 is 2.67 bits per heavy atom. The normalized spacial score (nSPS) is 14.6. The molecule has 0 aliphatic carbocycles. The second kappa shape index (κ2) is 8.20. The smallest absolute Gasteiger partial charge is 0.279 e. The number of nitrogens with zero attached hydrogens (tertiary/aromatic N) is 3. The molecular formula is C22H23N3O3S2. The largest absolute Gasteiger partial charge is 0.319 e. The number of anilines is 1. The molecule has 0 N–H and O–H groups in total. The number of carbonyl (C=O) groups is 1. The van der Waals surface area contributed by atoms with Gasteiger partial charge in [0.25, 0.3) is 5.91 Å².